The molecule has 0 bridgehead atoms. The molecule has 5 heteroatoms. The second-order valence-electron chi connectivity index (χ2n) is 5.04. The molecule has 2 aromatic carbocycles. The third-order valence-corrected chi connectivity index (χ3v) is 3.49. The second-order valence-corrected chi connectivity index (χ2v) is 5.04. The third kappa shape index (κ3) is 5.29. The Morgan fingerprint density at radius 3 is 2.48 bits per heavy atom. The van der Waals surface area contributed by atoms with Crippen molar-refractivity contribution in [2.75, 3.05) is 20.7 Å². The van der Waals surface area contributed by atoms with Crippen molar-refractivity contribution in [3.8, 4) is 5.75 Å². The average Bonchev–Trinajstić information content (AvgIpc) is 2.59. The van der Waals surface area contributed by atoms with Crippen molar-refractivity contribution in [1.29, 1.82) is 0 Å². The number of aliphatic imine (C=N–C) groups is 1. The largest absolute Gasteiger partial charge is 0.497 e. The van der Waals surface area contributed by atoms with Gasteiger partial charge in [-0.15, -0.1) is 0 Å². The molecule has 0 amide bonds. The smallest absolute Gasteiger partial charge is 0.191 e. The van der Waals surface area contributed by atoms with Gasteiger partial charge in [-0.25, -0.2) is 4.39 Å². The highest BCUT2D eigenvalue weighted by atomic mass is 19.1. The van der Waals surface area contributed by atoms with Crippen LogP contribution in [0.2, 0.25) is 0 Å². The third-order valence-electron chi connectivity index (χ3n) is 3.49. The molecule has 0 radical (unpaired) electrons. The number of nitrogens with one attached hydrogen (secondary N) is 2. The fraction of sp³-hybridized carbons (Fsp3) is 0.278. The van der Waals surface area contributed by atoms with Crippen LogP contribution in [0.4, 0.5) is 4.39 Å². The van der Waals surface area contributed by atoms with Crippen molar-refractivity contribution < 1.29 is 9.13 Å². The lowest BCUT2D eigenvalue weighted by molar-refractivity contribution is 0.414. The van der Waals surface area contributed by atoms with E-state index >= 15 is 0 Å². The summed E-state index contributed by atoms with van der Waals surface area (Å²) < 4.78 is 18.7. The summed E-state index contributed by atoms with van der Waals surface area (Å²) >= 11 is 0. The second kappa shape index (κ2) is 8.78. The molecule has 2 N–H and O–H groups in total. The molecule has 0 heterocycles. The molecule has 0 atom stereocenters. The van der Waals surface area contributed by atoms with Crippen LogP contribution in [0.25, 0.3) is 0 Å². The van der Waals surface area contributed by atoms with Crippen LogP contribution in [0, 0.1) is 5.82 Å². The standard InChI is InChI=1S/C18H22FN3O/c1-20-18(22-13-15-5-3-4-6-17(15)19)21-12-11-14-7-9-16(23-2)10-8-14/h3-10H,11-13H2,1-2H3,(H2,20,21,22). The average molecular weight is 315 g/mol. The number of benzene rings is 2. The van der Waals surface area contributed by atoms with Gasteiger partial charge in [-0.3, -0.25) is 4.99 Å². The van der Waals surface area contributed by atoms with Crippen LogP contribution in [-0.2, 0) is 13.0 Å². The Balaban J connectivity index is 1.77. The summed E-state index contributed by atoms with van der Waals surface area (Å²) in [4.78, 5) is 4.14. The zero-order chi connectivity index (χ0) is 16.5. The monoisotopic (exact) mass is 315 g/mol. The quantitative estimate of drug-likeness (QED) is 0.636. The van der Waals surface area contributed by atoms with Gasteiger partial charge in [0, 0.05) is 25.7 Å². The van der Waals surface area contributed by atoms with E-state index in [9.17, 15) is 4.39 Å². The van der Waals surface area contributed by atoms with E-state index in [0.29, 0.717) is 18.1 Å². The van der Waals surface area contributed by atoms with Gasteiger partial charge >= 0.3 is 0 Å². The van der Waals surface area contributed by atoms with Crippen LogP contribution < -0.4 is 15.4 Å². The number of ether oxygens (including phenoxy) is 1. The fourth-order valence-electron chi connectivity index (χ4n) is 2.16. The van der Waals surface area contributed by atoms with Gasteiger partial charge in [-0.1, -0.05) is 30.3 Å². The first kappa shape index (κ1) is 16.8. The number of halogens is 1. The van der Waals surface area contributed by atoms with E-state index in [0.717, 1.165) is 18.7 Å². The molecule has 0 aliphatic rings. The Kier molecular flexibility index (Phi) is 6.41. The van der Waals surface area contributed by atoms with Crippen LogP contribution in [0.5, 0.6) is 5.75 Å². The first-order chi connectivity index (χ1) is 11.2. The molecule has 122 valence electrons. The van der Waals surface area contributed by atoms with Gasteiger partial charge in [-0.2, -0.15) is 0 Å². The van der Waals surface area contributed by atoms with Crippen molar-refractivity contribution in [2.45, 2.75) is 13.0 Å². The van der Waals surface area contributed by atoms with E-state index in [-0.39, 0.29) is 5.82 Å². The summed E-state index contributed by atoms with van der Waals surface area (Å²) in [5.74, 6) is 1.29. The molecule has 2 rings (SSSR count). The van der Waals surface area contributed by atoms with Crippen molar-refractivity contribution in [3.05, 3.63) is 65.5 Å². The van der Waals surface area contributed by atoms with Gasteiger partial charge in [0.05, 0.1) is 7.11 Å². The first-order valence-corrected chi connectivity index (χ1v) is 7.54. The number of guanidine groups is 1. The van der Waals surface area contributed by atoms with Crippen LogP contribution in [0.1, 0.15) is 11.1 Å². The van der Waals surface area contributed by atoms with E-state index in [1.165, 1.54) is 11.6 Å². The molecule has 4 nitrogen and oxygen atoms in total. The summed E-state index contributed by atoms with van der Waals surface area (Å²) in [7, 11) is 3.35. The molecule has 0 saturated heterocycles. The predicted molar refractivity (Wildman–Crippen MR) is 91.3 cm³/mol. The molecule has 23 heavy (non-hydrogen) atoms. The molecule has 0 spiro atoms. The van der Waals surface area contributed by atoms with Crippen molar-refractivity contribution >= 4 is 5.96 Å². The number of hydrogen-bond acceptors (Lipinski definition) is 2. The maximum atomic E-state index is 13.6. The lowest BCUT2D eigenvalue weighted by Crippen LogP contribution is -2.38. The Morgan fingerprint density at radius 1 is 1.09 bits per heavy atom. The van der Waals surface area contributed by atoms with Gasteiger partial charge in [0.25, 0.3) is 0 Å². The Hall–Kier alpha value is -2.56. The highest BCUT2D eigenvalue weighted by Crippen LogP contribution is 2.11. The van der Waals surface area contributed by atoms with Crippen LogP contribution in [-0.4, -0.2) is 26.7 Å². The van der Waals surface area contributed by atoms with E-state index in [1.54, 1.807) is 26.3 Å². The van der Waals surface area contributed by atoms with Crippen LogP contribution in [0.15, 0.2) is 53.5 Å². The molecular weight excluding hydrogens is 293 g/mol. The Bertz CT molecular complexity index is 641. The van der Waals surface area contributed by atoms with Crippen molar-refractivity contribution in [3.63, 3.8) is 0 Å². The zero-order valence-corrected chi connectivity index (χ0v) is 13.5. The summed E-state index contributed by atoms with van der Waals surface area (Å²) in [6.45, 7) is 1.14. The lowest BCUT2D eigenvalue weighted by atomic mass is 10.1. The van der Waals surface area contributed by atoms with Crippen LogP contribution >= 0.6 is 0 Å². The summed E-state index contributed by atoms with van der Waals surface area (Å²) in [6.07, 6.45) is 0.865. The van der Waals surface area contributed by atoms with Crippen molar-refractivity contribution in [1.82, 2.24) is 10.6 Å². The summed E-state index contributed by atoms with van der Waals surface area (Å²) in [5, 5.41) is 6.33. The molecule has 0 fully saturated rings. The van der Waals surface area contributed by atoms with Crippen molar-refractivity contribution in [2.24, 2.45) is 4.99 Å². The molecular formula is C18H22FN3O. The molecule has 0 saturated carbocycles. The van der Waals surface area contributed by atoms with Gasteiger partial charge in [0.15, 0.2) is 5.96 Å². The summed E-state index contributed by atoms with van der Waals surface area (Å²) in [6, 6.07) is 14.7. The molecule has 0 aliphatic heterocycles. The van der Waals surface area contributed by atoms with Gasteiger partial charge in [0.1, 0.15) is 11.6 Å². The molecule has 0 unspecified atom stereocenters. The predicted octanol–water partition coefficient (Wildman–Crippen LogP) is 2.74. The number of methoxy groups -OCH3 is 1. The van der Waals surface area contributed by atoms with E-state index in [1.807, 2.05) is 30.3 Å². The minimum Gasteiger partial charge on any atom is -0.497 e. The Morgan fingerprint density at radius 2 is 1.83 bits per heavy atom. The zero-order valence-electron chi connectivity index (χ0n) is 13.5. The number of nitrogens with zero attached hydrogens (tertiary/aromatic N) is 1. The number of rotatable bonds is 6. The van der Waals surface area contributed by atoms with Gasteiger partial charge < -0.3 is 15.4 Å². The maximum absolute atomic E-state index is 13.6. The SMILES string of the molecule is CN=C(NCCc1ccc(OC)cc1)NCc1ccccc1F. The number of hydrogen-bond donors (Lipinski definition) is 2. The first-order valence-electron chi connectivity index (χ1n) is 7.54. The molecule has 2 aromatic rings. The van der Waals surface area contributed by atoms with E-state index in [2.05, 4.69) is 15.6 Å². The van der Waals surface area contributed by atoms with E-state index in [4.69, 9.17) is 4.74 Å². The Labute approximate surface area is 136 Å². The minimum absolute atomic E-state index is 0.214. The lowest BCUT2D eigenvalue weighted by Gasteiger charge is -2.12. The van der Waals surface area contributed by atoms with Gasteiger partial charge in [0.2, 0.25) is 0 Å². The topological polar surface area (TPSA) is 45.7 Å². The fourth-order valence-corrected chi connectivity index (χ4v) is 2.16. The maximum Gasteiger partial charge on any atom is 0.191 e. The van der Waals surface area contributed by atoms with E-state index < -0.39 is 0 Å². The minimum atomic E-state index is -0.214. The normalized spacial score (nSPS) is 11.2. The van der Waals surface area contributed by atoms with Crippen LogP contribution in [0.3, 0.4) is 0 Å². The molecule has 0 aromatic heterocycles. The molecule has 0 aliphatic carbocycles. The highest BCUT2D eigenvalue weighted by molar-refractivity contribution is 5.79. The van der Waals surface area contributed by atoms with Gasteiger partial charge in [-0.05, 0) is 30.2 Å². The highest BCUT2D eigenvalue weighted by Gasteiger charge is 2.02. The summed E-state index contributed by atoms with van der Waals surface area (Å²) in [5.41, 5.74) is 1.83.